The van der Waals surface area contributed by atoms with Crippen molar-refractivity contribution in [3.63, 3.8) is 0 Å². The van der Waals surface area contributed by atoms with Gasteiger partial charge in [0.25, 0.3) is 0 Å². The van der Waals surface area contributed by atoms with Crippen LogP contribution in [0.5, 0.6) is 0 Å². The Balaban J connectivity index is 2.09. The minimum Gasteiger partial charge on any atom is -0.379 e. The molecule has 0 heterocycles. The first kappa shape index (κ1) is 16.3. The molecule has 2 atom stereocenters. The van der Waals surface area contributed by atoms with E-state index in [1.807, 2.05) is 0 Å². The number of hydrogen-bond donors (Lipinski definition) is 2. The van der Waals surface area contributed by atoms with Crippen LogP contribution in [0, 0.1) is 17.6 Å². The molecule has 0 aliphatic heterocycles. The van der Waals surface area contributed by atoms with Crippen molar-refractivity contribution < 1.29 is 13.5 Å². The number of ether oxygens (including phenoxy) is 1. The van der Waals surface area contributed by atoms with Gasteiger partial charge in [-0.05, 0) is 36.8 Å². The number of methoxy groups -OCH3 is 1. The maximum atomic E-state index is 13.8. The molecule has 1 aliphatic carbocycles. The van der Waals surface area contributed by atoms with Crippen molar-refractivity contribution in [1.82, 2.24) is 5.43 Å². The number of benzene rings is 1. The van der Waals surface area contributed by atoms with Crippen LogP contribution in [-0.4, -0.2) is 19.3 Å². The highest BCUT2D eigenvalue weighted by Crippen LogP contribution is 2.30. The van der Waals surface area contributed by atoms with Crippen molar-refractivity contribution in [2.24, 2.45) is 11.8 Å². The van der Waals surface area contributed by atoms with Crippen molar-refractivity contribution in [2.45, 2.75) is 50.7 Å². The van der Waals surface area contributed by atoms with Crippen LogP contribution in [0.15, 0.2) is 18.2 Å². The Kier molecular flexibility index (Phi) is 6.08. The predicted molar refractivity (Wildman–Crippen MR) is 78.5 cm³/mol. The molecule has 5 heteroatoms. The first-order valence-electron chi connectivity index (χ1n) is 7.58. The molecule has 2 unspecified atom stereocenters. The number of hydrogen-bond acceptors (Lipinski definition) is 3. The van der Waals surface area contributed by atoms with E-state index in [0.29, 0.717) is 17.9 Å². The second kappa shape index (κ2) is 7.82. The van der Waals surface area contributed by atoms with E-state index in [-0.39, 0.29) is 12.1 Å². The van der Waals surface area contributed by atoms with Gasteiger partial charge in [-0.2, -0.15) is 0 Å². The van der Waals surface area contributed by atoms with Gasteiger partial charge in [-0.25, -0.2) is 8.78 Å². The molecule has 0 bridgehead atoms. The van der Waals surface area contributed by atoms with Crippen LogP contribution in [0.2, 0.25) is 0 Å². The highest BCUT2D eigenvalue weighted by atomic mass is 19.1. The summed E-state index contributed by atoms with van der Waals surface area (Å²) in [6.45, 7) is 0. The van der Waals surface area contributed by atoms with Gasteiger partial charge in [-0.1, -0.05) is 25.3 Å². The van der Waals surface area contributed by atoms with Gasteiger partial charge in [0.2, 0.25) is 0 Å². The van der Waals surface area contributed by atoms with Crippen LogP contribution in [-0.2, 0) is 11.2 Å². The van der Waals surface area contributed by atoms with E-state index >= 15 is 0 Å². The molecule has 3 nitrogen and oxygen atoms in total. The molecular formula is C16H24F2N2O. The van der Waals surface area contributed by atoms with E-state index in [4.69, 9.17) is 10.6 Å². The zero-order valence-electron chi connectivity index (χ0n) is 12.4. The standard InChI is InChI=1S/C16H24F2N2O/c1-21-16(11-5-3-2-4-6-11)15(20-19)9-12-7-8-13(17)10-14(12)18/h7-8,10-11,15-16,20H,2-6,9,19H2,1H3. The highest BCUT2D eigenvalue weighted by molar-refractivity contribution is 5.20. The lowest BCUT2D eigenvalue weighted by atomic mass is 9.81. The minimum atomic E-state index is -0.566. The molecular weight excluding hydrogens is 274 g/mol. The molecule has 118 valence electrons. The van der Waals surface area contributed by atoms with Crippen molar-refractivity contribution in [1.29, 1.82) is 0 Å². The Hall–Kier alpha value is -1.04. The topological polar surface area (TPSA) is 47.3 Å². The van der Waals surface area contributed by atoms with Crippen LogP contribution < -0.4 is 11.3 Å². The van der Waals surface area contributed by atoms with Gasteiger partial charge >= 0.3 is 0 Å². The lowest BCUT2D eigenvalue weighted by Gasteiger charge is -2.34. The Morgan fingerprint density at radius 2 is 2.00 bits per heavy atom. The fraction of sp³-hybridized carbons (Fsp3) is 0.625. The van der Waals surface area contributed by atoms with Gasteiger partial charge in [0.05, 0.1) is 12.1 Å². The molecule has 1 aliphatic rings. The number of rotatable bonds is 6. The minimum absolute atomic E-state index is 0.0558. The Morgan fingerprint density at radius 1 is 1.29 bits per heavy atom. The quantitative estimate of drug-likeness (QED) is 0.627. The van der Waals surface area contributed by atoms with Crippen molar-refractivity contribution >= 4 is 0 Å². The summed E-state index contributed by atoms with van der Waals surface area (Å²) in [5.74, 6) is 5.00. The molecule has 2 rings (SSSR count). The van der Waals surface area contributed by atoms with Gasteiger partial charge in [0.1, 0.15) is 11.6 Å². The molecule has 0 aromatic heterocycles. The van der Waals surface area contributed by atoms with Gasteiger partial charge in [0.15, 0.2) is 0 Å². The maximum absolute atomic E-state index is 13.8. The van der Waals surface area contributed by atoms with Crippen LogP contribution in [0.1, 0.15) is 37.7 Å². The lowest BCUT2D eigenvalue weighted by Crippen LogP contribution is -2.50. The third-order valence-corrected chi connectivity index (χ3v) is 4.45. The summed E-state index contributed by atoms with van der Waals surface area (Å²) in [4.78, 5) is 0. The summed E-state index contributed by atoms with van der Waals surface area (Å²) >= 11 is 0. The summed E-state index contributed by atoms with van der Waals surface area (Å²) in [5, 5.41) is 0. The normalized spacial score (nSPS) is 19.4. The number of nitrogens with two attached hydrogens (primary N) is 1. The molecule has 0 saturated heterocycles. The average Bonchev–Trinajstić information content (AvgIpc) is 2.50. The Labute approximate surface area is 124 Å². The monoisotopic (exact) mass is 298 g/mol. The molecule has 1 aromatic rings. The van der Waals surface area contributed by atoms with Gasteiger partial charge < -0.3 is 4.74 Å². The SMILES string of the molecule is COC(C1CCCCC1)C(Cc1ccc(F)cc1F)NN. The van der Waals surface area contributed by atoms with Crippen LogP contribution in [0.25, 0.3) is 0 Å². The summed E-state index contributed by atoms with van der Waals surface area (Å²) in [5.41, 5.74) is 3.21. The Bertz CT molecular complexity index is 450. The van der Waals surface area contributed by atoms with E-state index in [9.17, 15) is 8.78 Å². The Morgan fingerprint density at radius 3 is 2.57 bits per heavy atom. The fourth-order valence-corrected chi connectivity index (χ4v) is 3.34. The second-order valence-corrected chi connectivity index (χ2v) is 5.81. The number of nitrogens with one attached hydrogen (secondary N) is 1. The van der Waals surface area contributed by atoms with Crippen molar-refractivity contribution in [3.05, 3.63) is 35.4 Å². The lowest BCUT2D eigenvalue weighted by molar-refractivity contribution is 0.00809. The zero-order valence-corrected chi connectivity index (χ0v) is 12.4. The largest absolute Gasteiger partial charge is 0.379 e. The fourth-order valence-electron chi connectivity index (χ4n) is 3.34. The summed E-state index contributed by atoms with van der Waals surface area (Å²) in [6.07, 6.45) is 6.22. The summed E-state index contributed by atoms with van der Waals surface area (Å²) < 4.78 is 32.4. The molecule has 0 amide bonds. The molecule has 1 aromatic carbocycles. The zero-order chi connectivity index (χ0) is 15.2. The molecule has 1 saturated carbocycles. The second-order valence-electron chi connectivity index (χ2n) is 5.81. The number of halogens is 2. The van der Waals surface area contributed by atoms with E-state index in [1.165, 1.54) is 31.4 Å². The smallest absolute Gasteiger partial charge is 0.129 e. The summed E-state index contributed by atoms with van der Waals surface area (Å²) in [6, 6.07) is 3.47. The van der Waals surface area contributed by atoms with Crippen molar-refractivity contribution in [2.75, 3.05) is 7.11 Å². The van der Waals surface area contributed by atoms with E-state index in [0.717, 1.165) is 18.9 Å². The molecule has 1 fully saturated rings. The average molecular weight is 298 g/mol. The first-order chi connectivity index (χ1) is 10.2. The highest BCUT2D eigenvalue weighted by Gasteiger charge is 2.30. The van der Waals surface area contributed by atoms with Crippen LogP contribution in [0.4, 0.5) is 8.78 Å². The number of hydrazine groups is 1. The predicted octanol–water partition coefficient (Wildman–Crippen LogP) is 2.93. The van der Waals surface area contributed by atoms with E-state index in [2.05, 4.69) is 5.43 Å². The molecule has 3 N–H and O–H groups in total. The van der Waals surface area contributed by atoms with Gasteiger partial charge in [0, 0.05) is 13.2 Å². The third kappa shape index (κ3) is 4.22. The van der Waals surface area contributed by atoms with Crippen LogP contribution in [0.3, 0.4) is 0 Å². The molecule has 0 spiro atoms. The first-order valence-corrected chi connectivity index (χ1v) is 7.58. The maximum Gasteiger partial charge on any atom is 0.129 e. The van der Waals surface area contributed by atoms with Crippen LogP contribution >= 0.6 is 0 Å². The van der Waals surface area contributed by atoms with Gasteiger partial charge in [-0.3, -0.25) is 11.3 Å². The van der Waals surface area contributed by atoms with Gasteiger partial charge in [-0.15, -0.1) is 0 Å². The molecule has 21 heavy (non-hydrogen) atoms. The van der Waals surface area contributed by atoms with Crippen molar-refractivity contribution in [3.8, 4) is 0 Å². The molecule has 0 radical (unpaired) electrons. The third-order valence-electron chi connectivity index (χ3n) is 4.45. The van der Waals surface area contributed by atoms with E-state index < -0.39 is 11.6 Å². The summed E-state index contributed by atoms with van der Waals surface area (Å²) in [7, 11) is 1.67. The van der Waals surface area contributed by atoms with E-state index in [1.54, 1.807) is 7.11 Å².